The predicted octanol–water partition coefficient (Wildman–Crippen LogP) is 3.16. The summed E-state index contributed by atoms with van der Waals surface area (Å²) in [6.45, 7) is 1.66. The zero-order valence-corrected chi connectivity index (χ0v) is 13.0. The van der Waals surface area contributed by atoms with Gasteiger partial charge in [0.05, 0.1) is 12.0 Å². The van der Waals surface area contributed by atoms with Gasteiger partial charge in [0.2, 0.25) is 5.91 Å². The van der Waals surface area contributed by atoms with E-state index >= 15 is 0 Å². The average Bonchev–Trinajstić information content (AvgIpc) is 3.08. The number of carbonyl (C=O) groups excluding carboxylic acids is 1. The number of benzene rings is 2. The first-order valence-electron chi connectivity index (χ1n) is 7.55. The maximum Gasteiger partial charge on any atom is 0.225 e. The van der Waals surface area contributed by atoms with Gasteiger partial charge >= 0.3 is 0 Å². The molecular formula is C18H19ClN2O. The van der Waals surface area contributed by atoms with Gasteiger partial charge in [-0.25, -0.2) is 0 Å². The molecule has 1 aliphatic rings. The maximum atomic E-state index is 12.5. The Bertz CT molecular complexity index is 639. The summed E-state index contributed by atoms with van der Waals surface area (Å²) in [4.78, 5) is 12.5. The largest absolute Gasteiger partial charge is 0.345 e. The van der Waals surface area contributed by atoms with Crippen LogP contribution >= 0.6 is 11.6 Å². The molecule has 3 rings (SSSR count). The van der Waals surface area contributed by atoms with Crippen molar-refractivity contribution in [2.75, 3.05) is 13.1 Å². The number of rotatable bonds is 4. The normalized spacial score (nSPS) is 18.9. The van der Waals surface area contributed by atoms with Crippen LogP contribution in [0.15, 0.2) is 54.6 Å². The summed E-state index contributed by atoms with van der Waals surface area (Å²) in [5.74, 6) is 0.143. The molecule has 114 valence electrons. The third-order valence-electron chi connectivity index (χ3n) is 4.03. The Kier molecular flexibility index (Phi) is 4.76. The molecule has 2 aromatic carbocycles. The Labute approximate surface area is 135 Å². The molecule has 1 aliphatic heterocycles. The molecule has 0 unspecified atom stereocenters. The SMILES string of the molecule is O=C(N[C@@H](c1ccccc1)c1cccc(Cl)c1)[C@H]1CCNC1. The molecule has 0 radical (unpaired) electrons. The molecule has 3 nitrogen and oxygen atoms in total. The van der Waals surface area contributed by atoms with Gasteiger partial charge in [-0.3, -0.25) is 4.79 Å². The number of hydrogen-bond acceptors (Lipinski definition) is 2. The van der Waals surface area contributed by atoms with Crippen LogP contribution in [0.4, 0.5) is 0 Å². The number of nitrogens with one attached hydrogen (secondary N) is 2. The van der Waals surface area contributed by atoms with E-state index < -0.39 is 0 Å². The highest BCUT2D eigenvalue weighted by Crippen LogP contribution is 2.25. The first-order chi connectivity index (χ1) is 10.7. The number of halogens is 1. The molecule has 1 amide bonds. The van der Waals surface area contributed by atoms with Crippen molar-refractivity contribution in [3.63, 3.8) is 0 Å². The van der Waals surface area contributed by atoms with E-state index in [1.807, 2.05) is 54.6 Å². The molecule has 22 heavy (non-hydrogen) atoms. The van der Waals surface area contributed by atoms with Gasteiger partial charge in [0.25, 0.3) is 0 Å². The highest BCUT2D eigenvalue weighted by molar-refractivity contribution is 6.30. The lowest BCUT2D eigenvalue weighted by Gasteiger charge is -2.22. The lowest BCUT2D eigenvalue weighted by atomic mass is 9.97. The number of amides is 1. The van der Waals surface area contributed by atoms with E-state index in [2.05, 4.69) is 10.6 Å². The summed E-state index contributed by atoms with van der Waals surface area (Å²) in [6.07, 6.45) is 0.892. The molecule has 2 aromatic rings. The summed E-state index contributed by atoms with van der Waals surface area (Å²) >= 11 is 6.12. The minimum atomic E-state index is -0.173. The van der Waals surface area contributed by atoms with Crippen molar-refractivity contribution in [1.82, 2.24) is 10.6 Å². The molecule has 0 saturated carbocycles. The maximum absolute atomic E-state index is 12.5. The van der Waals surface area contributed by atoms with Crippen molar-refractivity contribution in [1.29, 1.82) is 0 Å². The summed E-state index contributed by atoms with van der Waals surface area (Å²) in [6, 6.07) is 17.5. The lowest BCUT2D eigenvalue weighted by Crippen LogP contribution is -2.35. The fraction of sp³-hybridized carbons (Fsp3) is 0.278. The van der Waals surface area contributed by atoms with Gasteiger partial charge in [-0.2, -0.15) is 0 Å². The van der Waals surface area contributed by atoms with Gasteiger partial charge in [0, 0.05) is 11.6 Å². The van der Waals surface area contributed by atoms with Crippen LogP contribution in [0.1, 0.15) is 23.6 Å². The second-order valence-electron chi connectivity index (χ2n) is 5.60. The van der Waals surface area contributed by atoms with E-state index in [0.717, 1.165) is 30.6 Å². The zero-order valence-electron chi connectivity index (χ0n) is 12.3. The molecule has 1 heterocycles. The second kappa shape index (κ2) is 6.95. The van der Waals surface area contributed by atoms with Crippen LogP contribution in [-0.4, -0.2) is 19.0 Å². The molecular weight excluding hydrogens is 296 g/mol. The monoisotopic (exact) mass is 314 g/mol. The quantitative estimate of drug-likeness (QED) is 0.910. The fourth-order valence-corrected chi connectivity index (χ4v) is 3.03. The molecule has 0 bridgehead atoms. The van der Waals surface area contributed by atoms with E-state index in [1.165, 1.54) is 0 Å². The molecule has 0 spiro atoms. The van der Waals surface area contributed by atoms with Crippen molar-refractivity contribution >= 4 is 17.5 Å². The molecule has 1 fully saturated rings. The van der Waals surface area contributed by atoms with Gasteiger partial charge in [0.15, 0.2) is 0 Å². The third-order valence-corrected chi connectivity index (χ3v) is 4.27. The topological polar surface area (TPSA) is 41.1 Å². The first-order valence-corrected chi connectivity index (χ1v) is 7.93. The van der Waals surface area contributed by atoms with Gasteiger partial charge in [0.1, 0.15) is 0 Å². The van der Waals surface area contributed by atoms with Crippen LogP contribution in [0, 0.1) is 5.92 Å². The Morgan fingerprint density at radius 3 is 2.59 bits per heavy atom. The molecule has 2 N–H and O–H groups in total. The average molecular weight is 315 g/mol. The van der Waals surface area contributed by atoms with Crippen molar-refractivity contribution in [2.45, 2.75) is 12.5 Å². The second-order valence-corrected chi connectivity index (χ2v) is 6.03. The van der Waals surface area contributed by atoms with Crippen molar-refractivity contribution in [2.24, 2.45) is 5.92 Å². The van der Waals surface area contributed by atoms with Gasteiger partial charge < -0.3 is 10.6 Å². The summed E-state index contributed by atoms with van der Waals surface area (Å²) in [5, 5.41) is 7.09. The Hall–Kier alpha value is -1.84. The summed E-state index contributed by atoms with van der Waals surface area (Å²) in [7, 11) is 0. The minimum absolute atomic E-state index is 0.0467. The van der Waals surface area contributed by atoms with Crippen molar-refractivity contribution in [3.8, 4) is 0 Å². The van der Waals surface area contributed by atoms with Crippen LogP contribution in [0.2, 0.25) is 5.02 Å². The fourth-order valence-electron chi connectivity index (χ4n) is 2.83. The van der Waals surface area contributed by atoms with E-state index in [1.54, 1.807) is 0 Å². The molecule has 0 aromatic heterocycles. The number of carbonyl (C=O) groups is 1. The van der Waals surface area contributed by atoms with E-state index in [4.69, 9.17) is 11.6 Å². The van der Waals surface area contributed by atoms with Crippen molar-refractivity contribution < 1.29 is 4.79 Å². The van der Waals surface area contributed by atoms with Gasteiger partial charge in [-0.05, 0) is 36.2 Å². The van der Waals surface area contributed by atoms with Crippen LogP contribution < -0.4 is 10.6 Å². The molecule has 2 atom stereocenters. The highest BCUT2D eigenvalue weighted by atomic mass is 35.5. The molecule has 1 saturated heterocycles. The van der Waals surface area contributed by atoms with E-state index in [0.29, 0.717) is 5.02 Å². The van der Waals surface area contributed by atoms with Crippen LogP contribution in [-0.2, 0) is 4.79 Å². The smallest absolute Gasteiger partial charge is 0.225 e. The first kappa shape index (κ1) is 15.1. The summed E-state index contributed by atoms with van der Waals surface area (Å²) < 4.78 is 0. The summed E-state index contributed by atoms with van der Waals surface area (Å²) in [5.41, 5.74) is 2.06. The van der Waals surface area contributed by atoms with Crippen LogP contribution in [0.3, 0.4) is 0 Å². The van der Waals surface area contributed by atoms with Crippen LogP contribution in [0.25, 0.3) is 0 Å². The zero-order chi connectivity index (χ0) is 15.4. The minimum Gasteiger partial charge on any atom is -0.345 e. The Morgan fingerprint density at radius 2 is 1.91 bits per heavy atom. The molecule has 4 heteroatoms. The van der Waals surface area contributed by atoms with Crippen LogP contribution in [0.5, 0.6) is 0 Å². The van der Waals surface area contributed by atoms with Gasteiger partial charge in [-0.1, -0.05) is 54.1 Å². The Morgan fingerprint density at radius 1 is 1.14 bits per heavy atom. The lowest BCUT2D eigenvalue weighted by molar-refractivity contribution is -0.124. The Balaban J connectivity index is 1.87. The molecule has 0 aliphatic carbocycles. The standard InChI is InChI=1S/C18H19ClN2O/c19-16-8-4-7-14(11-16)17(13-5-2-1-3-6-13)21-18(22)15-9-10-20-12-15/h1-8,11,15,17,20H,9-10,12H2,(H,21,22)/t15-,17-/m0/s1. The highest BCUT2D eigenvalue weighted by Gasteiger charge is 2.25. The third kappa shape index (κ3) is 3.49. The van der Waals surface area contributed by atoms with E-state index in [9.17, 15) is 4.79 Å². The van der Waals surface area contributed by atoms with Gasteiger partial charge in [-0.15, -0.1) is 0 Å². The van der Waals surface area contributed by atoms with Crippen molar-refractivity contribution in [3.05, 3.63) is 70.7 Å². The van der Waals surface area contributed by atoms with E-state index in [-0.39, 0.29) is 17.9 Å². The number of hydrogen-bond donors (Lipinski definition) is 2. The predicted molar refractivity (Wildman–Crippen MR) is 88.9 cm³/mol.